The van der Waals surface area contributed by atoms with Gasteiger partial charge >= 0.3 is 11.9 Å². The lowest BCUT2D eigenvalue weighted by Gasteiger charge is -2.08. The molecule has 0 aromatic rings. The minimum absolute atomic E-state index is 0.169. The van der Waals surface area contributed by atoms with Crippen LogP contribution in [0.25, 0.3) is 0 Å². The van der Waals surface area contributed by atoms with Gasteiger partial charge in [0.15, 0.2) is 0 Å². The van der Waals surface area contributed by atoms with Gasteiger partial charge in [-0.3, -0.25) is 9.59 Å². The third kappa shape index (κ3) is 7.58. The highest BCUT2D eigenvalue weighted by atomic mass is 127. The molecule has 88 valence electrons. The normalized spacial score (nSPS) is 11.9. The predicted octanol–water partition coefficient (Wildman–Crippen LogP) is 2.09. The van der Waals surface area contributed by atoms with Crippen LogP contribution in [-0.2, 0) is 19.1 Å². The largest absolute Gasteiger partial charge is 0.466 e. The van der Waals surface area contributed by atoms with Crippen molar-refractivity contribution in [1.29, 1.82) is 0 Å². The minimum Gasteiger partial charge on any atom is -0.466 e. The van der Waals surface area contributed by atoms with E-state index >= 15 is 0 Å². The van der Waals surface area contributed by atoms with Crippen LogP contribution < -0.4 is 0 Å². The zero-order chi connectivity index (χ0) is 11.7. The molecule has 0 fully saturated rings. The van der Waals surface area contributed by atoms with E-state index in [1.807, 2.05) is 22.6 Å². The van der Waals surface area contributed by atoms with Crippen LogP contribution >= 0.6 is 22.6 Å². The highest BCUT2D eigenvalue weighted by molar-refractivity contribution is 14.1. The van der Waals surface area contributed by atoms with E-state index in [0.29, 0.717) is 32.5 Å². The van der Waals surface area contributed by atoms with E-state index in [1.165, 1.54) is 0 Å². The number of esters is 2. The molecule has 0 rings (SSSR count). The lowest BCUT2D eigenvalue weighted by Crippen LogP contribution is -2.17. The van der Waals surface area contributed by atoms with Gasteiger partial charge in [0.25, 0.3) is 0 Å². The Balaban J connectivity index is 3.58. The highest BCUT2D eigenvalue weighted by Crippen LogP contribution is 2.12. The zero-order valence-electron chi connectivity index (χ0n) is 9.12. The van der Waals surface area contributed by atoms with Crippen molar-refractivity contribution in [2.24, 2.45) is 0 Å². The first-order valence-electron chi connectivity index (χ1n) is 5.08. The number of hydrogen-bond donors (Lipinski definition) is 0. The number of alkyl halides is 1. The van der Waals surface area contributed by atoms with E-state index < -0.39 is 0 Å². The molecule has 0 aromatic heterocycles. The SMILES string of the molecule is CCOC(=O)CCCC(I)C(=O)OCC. The van der Waals surface area contributed by atoms with Crippen LogP contribution in [0.1, 0.15) is 33.1 Å². The van der Waals surface area contributed by atoms with Crippen molar-refractivity contribution < 1.29 is 19.1 Å². The van der Waals surface area contributed by atoms with Crippen LogP contribution in [0, 0.1) is 0 Å². The van der Waals surface area contributed by atoms with Gasteiger partial charge in [-0.25, -0.2) is 0 Å². The summed E-state index contributed by atoms with van der Waals surface area (Å²) < 4.78 is 9.45. The summed E-state index contributed by atoms with van der Waals surface area (Å²) in [6.07, 6.45) is 1.68. The molecule has 0 bridgehead atoms. The molecule has 1 unspecified atom stereocenters. The monoisotopic (exact) mass is 328 g/mol. The molecule has 0 aliphatic carbocycles. The Morgan fingerprint density at radius 2 is 1.80 bits per heavy atom. The summed E-state index contributed by atoms with van der Waals surface area (Å²) in [5.41, 5.74) is 0. The second-order valence-electron chi connectivity index (χ2n) is 2.92. The van der Waals surface area contributed by atoms with Crippen molar-refractivity contribution in [1.82, 2.24) is 0 Å². The standard InChI is InChI=1S/C10H17IO4/c1-3-14-9(12)7-5-6-8(11)10(13)15-4-2/h8H,3-7H2,1-2H3. The molecule has 1 atom stereocenters. The Labute approximate surface area is 104 Å². The van der Waals surface area contributed by atoms with Gasteiger partial charge in [-0.1, -0.05) is 22.6 Å². The van der Waals surface area contributed by atoms with Gasteiger partial charge in [-0.2, -0.15) is 0 Å². The Hall–Kier alpha value is -0.330. The molecule has 0 N–H and O–H groups in total. The molecule has 0 aliphatic rings. The molecule has 0 radical (unpaired) electrons. The smallest absolute Gasteiger partial charge is 0.318 e. The molecule has 0 saturated heterocycles. The molecule has 15 heavy (non-hydrogen) atoms. The number of ether oxygens (including phenoxy) is 2. The summed E-state index contributed by atoms with van der Waals surface area (Å²) in [6.45, 7) is 4.36. The molecule has 0 amide bonds. The second-order valence-corrected chi connectivity index (χ2v) is 4.42. The molecule has 0 aromatic carbocycles. The molecule has 0 saturated carbocycles. The van der Waals surface area contributed by atoms with E-state index in [0.717, 1.165) is 0 Å². The van der Waals surface area contributed by atoms with Crippen LogP contribution in [0.15, 0.2) is 0 Å². The first-order valence-corrected chi connectivity index (χ1v) is 6.32. The van der Waals surface area contributed by atoms with E-state index in [2.05, 4.69) is 0 Å². The Morgan fingerprint density at radius 1 is 1.20 bits per heavy atom. The molecule has 0 aliphatic heterocycles. The van der Waals surface area contributed by atoms with Gasteiger partial charge in [0.1, 0.15) is 3.92 Å². The van der Waals surface area contributed by atoms with Gasteiger partial charge < -0.3 is 9.47 Å². The maximum atomic E-state index is 11.2. The number of rotatable bonds is 7. The fraction of sp³-hybridized carbons (Fsp3) is 0.800. The van der Waals surface area contributed by atoms with E-state index in [1.54, 1.807) is 13.8 Å². The summed E-state index contributed by atoms with van der Waals surface area (Å²) in [7, 11) is 0. The number of halogens is 1. The maximum absolute atomic E-state index is 11.2. The van der Waals surface area contributed by atoms with Gasteiger partial charge in [0, 0.05) is 6.42 Å². The maximum Gasteiger partial charge on any atom is 0.318 e. The minimum atomic E-state index is -0.207. The topological polar surface area (TPSA) is 52.6 Å². The second kappa shape index (κ2) is 8.94. The molecule has 0 heterocycles. The number of hydrogen-bond acceptors (Lipinski definition) is 4. The fourth-order valence-electron chi connectivity index (χ4n) is 1.01. The fourth-order valence-corrected chi connectivity index (χ4v) is 1.63. The lowest BCUT2D eigenvalue weighted by atomic mass is 10.2. The lowest BCUT2D eigenvalue weighted by molar-refractivity contribution is -0.144. The average Bonchev–Trinajstić information content (AvgIpc) is 2.18. The zero-order valence-corrected chi connectivity index (χ0v) is 11.3. The van der Waals surface area contributed by atoms with Crippen molar-refractivity contribution >= 4 is 34.5 Å². The predicted molar refractivity (Wildman–Crippen MR) is 64.9 cm³/mol. The van der Waals surface area contributed by atoms with Crippen LogP contribution in [0.2, 0.25) is 0 Å². The van der Waals surface area contributed by atoms with Crippen molar-refractivity contribution in [3.8, 4) is 0 Å². The van der Waals surface area contributed by atoms with Crippen LogP contribution in [0.5, 0.6) is 0 Å². The third-order valence-corrected chi connectivity index (χ3v) is 2.82. The molecular formula is C10H17IO4. The number of carbonyl (C=O) groups excluding carboxylic acids is 2. The molecular weight excluding hydrogens is 311 g/mol. The van der Waals surface area contributed by atoms with Gasteiger partial charge in [-0.15, -0.1) is 0 Å². The molecule has 0 spiro atoms. The molecule has 4 nitrogen and oxygen atoms in total. The highest BCUT2D eigenvalue weighted by Gasteiger charge is 2.15. The van der Waals surface area contributed by atoms with Gasteiger partial charge in [-0.05, 0) is 26.7 Å². The molecule has 5 heteroatoms. The van der Waals surface area contributed by atoms with Gasteiger partial charge in [0.2, 0.25) is 0 Å². The van der Waals surface area contributed by atoms with Crippen LogP contribution in [-0.4, -0.2) is 29.1 Å². The summed E-state index contributed by atoms with van der Waals surface area (Å²) in [5.74, 6) is -0.410. The Kier molecular flexibility index (Phi) is 8.74. The van der Waals surface area contributed by atoms with Gasteiger partial charge in [0.05, 0.1) is 13.2 Å². The van der Waals surface area contributed by atoms with Crippen LogP contribution in [0.3, 0.4) is 0 Å². The van der Waals surface area contributed by atoms with E-state index in [9.17, 15) is 9.59 Å². The number of carbonyl (C=O) groups is 2. The summed E-state index contributed by atoms with van der Waals surface area (Å²) >= 11 is 2.03. The van der Waals surface area contributed by atoms with Crippen molar-refractivity contribution in [3.05, 3.63) is 0 Å². The average molecular weight is 328 g/mol. The van der Waals surface area contributed by atoms with Crippen LogP contribution in [0.4, 0.5) is 0 Å². The van der Waals surface area contributed by atoms with Crippen molar-refractivity contribution in [3.63, 3.8) is 0 Å². The van der Waals surface area contributed by atoms with E-state index in [-0.39, 0.29) is 15.9 Å². The first-order chi connectivity index (χ1) is 7.11. The summed E-state index contributed by atoms with van der Waals surface area (Å²) in [6, 6.07) is 0. The quantitative estimate of drug-likeness (QED) is 0.408. The Morgan fingerprint density at radius 3 is 2.33 bits per heavy atom. The van der Waals surface area contributed by atoms with Crippen molar-refractivity contribution in [2.75, 3.05) is 13.2 Å². The third-order valence-electron chi connectivity index (χ3n) is 1.69. The first kappa shape index (κ1) is 14.7. The summed E-state index contributed by atoms with van der Waals surface area (Å²) in [5, 5.41) is 0. The van der Waals surface area contributed by atoms with Crippen molar-refractivity contribution in [2.45, 2.75) is 37.0 Å². The van der Waals surface area contributed by atoms with E-state index in [4.69, 9.17) is 9.47 Å². The Bertz CT molecular complexity index is 206. The summed E-state index contributed by atoms with van der Waals surface area (Å²) in [4.78, 5) is 22.2.